The van der Waals surface area contributed by atoms with Gasteiger partial charge >= 0.3 is 0 Å². The van der Waals surface area contributed by atoms with Gasteiger partial charge in [0.1, 0.15) is 11.5 Å². The van der Waals surface area contributed by atoms with Crippen molar-refractivity contribution in [3.05, 3.63) is 94.3 Å². The number of nitrogens with zero attached hydrogens (tertiary/aromatic N) is 3. The molecule has 1 saturated heterocycles. The van der Waals surface area contributed by atoms with Crippen LogP contribution in [-0.4, -0.2) is 29.3 Å². The lowest BCUT2D eigenvalue weighted by atomic mass is 9.87. The van der Waals surface area contributed by atoms with Gasteiger partial charge in [-0.15, -0.1) is 5.10 Å². The molecule has 1 amide bonds. The summed E-state index contributed by atoms with van der Waals surface area (Å²) in [5.41, 5.74) is 3.08. The van der Waals surface area contributed by atoms with E-state index in [2.05, 4.69) is 43.1 Å². The number of hydrogen-bond acceptors (Lipinski definition) is 6. The predicted molar refractivity (Wildman–Crippen MR) is 138 cm³/mol. The zero-order chi connectivity index (χ0) is 24.1. The zero-order valence-electron chi connectivity index (χ0n) is 19.7. The third-order valence-corrected chi connectivity index (χ3v) is 6.33. The lowest BCUT2D eigenvalue weighted by Gasteiger charge is -2.18. The van der Waals surface area contributed by atoms with Crippen LogP contribution in [0.2, 0.25) is 0 Å². The Morgan fingerprint density at radius 2 is 1.82 bits per heavy atom. The lowest BCUT2D eigenvalue weighted by molar-refractivity contribution is -0.122. The first-order valence-corrected chi connectivity index (χ1v) is 11.7. The molecule has 1 aliphatic heterocycles. The first kappa shape index (κ1) is 23.6. The SMILES string of the molecule is COc1ccccc1/C=N\N=C1\S/C(=C\c2ccc(C(C)(C)C)cc2)C(=O)N1Cc1ccco1. The van der Waals surface area contributed by atoms with Crippen LogP contribution < -0.4 is 4.74 Å². The number of benzene rings is 2. The molecule has 174 valence electrons. The Balaban J connectivity index is 1.61. The van der Waals surface area contributed by atoms with Gasteiger partial charge < -0.3 is 9.15 Å². The van der Waals surface area contributed by atoms with E-state index in [1.165, 1.54) is 17.3 Å². The Morgan fingerprint density at radius 3 is 2.50 bits per heavy atom. The van der Waals surface area contributed by atoms with Gasteiger partial charge in [0.25, 0.3) is 5.91 Å². The highest BCUT2D eigenvalue weighted by Gasteiger charge is 2.34. The molecule has 1 aromatic heterocycles. The molecule has 7 heteroatoms. The molecule has 0 unspecified atom stereocenters. The molecular weight excluding hydrogens is 446 g/mol. The number of hydrogen-bond donors (Lipinski definition) is 0. The quantitative estimate of drug-likeness (QED) is 0.247. The Hall–Kier alpha value is -3.58. The maximum atomic E-state index is 13.2. The van der Waals surface area contributed by atoms with Gasteiger partial charge in [0.2, 0.25) is 0 Å². The van der Waals surface area contributed by atoms with Crippen molar-refractivity contribution in [1.29, 1.82) is 0 Å². The average Bonchev–Trinajstić information content (AvgIpc) is 3.43. The molecule has 34 heavy (non-hydrogen) atoms. The van der Waals surface area contributed by atoms with E-state index < -0.39 is 0 Å². The summed E-state index contributed by atoms with van der Waals surface area (Å²) < 4.78 is 10.8. The Bertz CT molecular complexity index is 1240. The van der Waals surface area contributed by atoms with Crippen molar-refractivity contribution in [3.63, 3.8) is 0 Å². The number of thioether (sulfide) groups is 1. The summed E-state index contributed by atoms with van der Waals surface area (Å²) in [6.45, 7) is 6.81. The van der Waals surface area contributed by atoms with Crippen LogP contribution in [-0.2, 0) is 16.8 Å². The summed E-state index contributed by atoms with van der Waals surface area (Å²) in [6.07, 6.45) is 5.10. The van der Waals surface area contributed by atoms with Gasteiger partial charge in [-0.05, 0) is 58.6 Å². The van der Waals surface area contributed by atoms with E-state index in [0.29, 0.717) is 21.6 Å². The Kier molecular flexibility index (Phi) is 7.03. The van der Waals surface area contributed by atoms with E-state index in [0.717, 1.165) is 11.1 Å². The predicted octanol–water partition coefficient (Wildman–Crippen LogP) is 6.09. The van der Waals surface area contributed by atoms with Crippen LogP contribution in [0.25, 0.3) is 6.08 Å². The van der Waals surface area contributed by atoms with Crippen LogP contribution in [0.3, 0.4) is 0 Å². The highest BCUT2D eigenvalue weighted by molar-refractivity contribution is 8.18. The summed E-state index contributed by atoms with van der Waals surface area (Å²) in [4.78, 5) is 15.4. The van der Waals surface area contributed by atoms with E-state index in [-0.39, 0.29) is 17.9 Å². The molecule has 3 aromatic rings. The Labute approximate surface area is 204 Å². The number of amides is 1. The van der Waals surface area contributed by atoms with Crippen LogP contribution in [0.5, 0.6) is 5.75 Å². The molecule has 0 saturated carbocycles. The van der Waals surface area contributed by atoms with Crippen molar-refractivity contribution < 1.29 is 13.9 Å². The summed E-state index contributed by atoms with van der Waals surface area (Å²) >= 11 is 1.30. The molecular formula is C27H27N3O3S. The topological polar surface area (TPSA) is 67.4 Å². The van der Waals surface area contributed by atoms with Gasteiger partial charge in [-0.2, -0.15) is 5.10 Å². The van der Waals surface area contributed by atoms with Crippen LogP contribution >= 0.6 is 11.8 Å². The third-order valence-electron chi connectivity index (χ3n) is 5.34. The fraction of sp³-hybridized carbons (Fsp3) is 0.222. The normalized spacial score (nSPS) is 16.8. The highest BCUT2D eigenvalue weighted by Crippen LogP contribution is 2.34. The third kappa shape index (κ3) is 5.48. The van der Waals surface area contributed by atoms with E-state index in [1.807, 2.05) is 48.5 Å². The second-order valence-corrected chi connectivity index (χ2v) is 9.83. The first-order valence-electron chi connectivity index (χ1n) is 10.9. The van der Waals surface area contributed by atoms with Crippen molar-refractivity contribution in [2.75, 3.05) is 7.11 Å². The molecule has 6 nitrogen and oxygen atoms in total. The second-order valence-electron chi connectivity index (χ2n) is 8.82. The van der Waals surface area contributed by atoms with Crippen molar-refractivity contribution in [1.82, 2.24) is 4.90 Å². The molecule has 2 heterocycles. The van der Waals surface area contributed by atoms with Gasteiger partial charge in [-0.3, -0.25) is 9.69 Å². The van der Waals surface area contributed by atoms with Crippen molar-refractivity contribution in [2.45, 2.75) is 32.7 Å². The van der Waals surface area contributed by atoms with E-state index in [4.69, 9.17) is 9.15 Å². The van der Waals surface area contributed by atoms with E-state index >= 15 is 0 Å². The molecule has 0 aliphatic carbocycles. The standard InChI is InChI=1S/C27H27N3O3S/c1-27(2,3)21-13-11-19(12-14-21)16-24-25(31)30(18-22-9-7-15-33-22)26(34-24)29-28-17-20-8-5-6-10-23(20)32-4/h5-17H,18H2,1-4H3/b24-16-,28-17-,29-26+. The van der Waals surface area contributed by atoms with Crippen LogP contribution in [0.15, 0.2) is 86.5 Å². The number of rotatable bonds is 6. The maximum Gasteiger partial charge on any atom is 0.267 e. The van der Waals surface area contributed by atoms with Crippen LogP contribution in [0.1, 0.15) is 43.2 Å². The van der Waals surface area contributed by atoms with Crippen molar-refractivity contribution in [3.8, 4) is 5.75 Å². The molecule has 0 atom stereocenters. The number of carbonyl (C=O) groups is 1. The van der Waals surface area contributed by atoms with Crippen molar-refractivity contribution >= 4 is 35.1 Å². The fourth-order valence-electron chi connectivity index (χ4n) is 3.42. The van der Waals surface area contributed by atoms with Crippen LogP contribution in [0.4, 0.5) is 0 Å². The highest BCUT2D eigenvalue weighted by atomic mass is 32.2. The van der Waals surface area contributed by atoms with Gasteiger partial charge in [-0.25, -0.2) is 0 Å². The number of furan rings is 1. The number of amidine groups is 1. The molecule has 1 fully saturated rings. The number of carbonyl (C=O) groups excluding carboxylic acids is 1. The number of methoxy groups -OCH3 is 1. The Morgan fingerprint density at radius 1 is 1.06 bits per heavy atom. The van der Waals surface area contributed by atoms with E-state index in [1.54, 1.807) is 30.6 Å². The lowest BCUT2D eigenvalue weighted by Crippen LogP contribution is -2.28. The zero-order valence-corrected chi connectivity index (χ0v) is 20.5. The maximum absolute atomic E-state index is 13.2. The minimum absolute atomic E-state index is 0.0721. The largest absolute Gasteiger partial charge is 0.496 e. The molecule has 0 radical (unpaired) electrons. The second kappa shape index (κ2) is 10.1. The minimum Gasteiger partial charge on any atom is -0.496 e. The molecule has 0 N–H and O–H groups in total. The average molecular weight is 474 g/mol. The first-order chi connectivity index (χ1) is 16.3. The number of para-hydroxylation sites is 1. The van der Waals surface area contributed by atoms with Gasteiger partial charge in [0, 0.05) is 5.56 Å². The molecule has 4 rings (SSSR count). The molecule has 0 spiro atoms. The summed E-state index contributed by atoms with van der Waals surface area (Å²) in [7, 11) is 1.61. The molecule has 0 bridgehead atoms. The minimum atomic E-state index is -0.132. The van der Waals surface area contributed by atoms with Gasteiger partial charge in [0.05, 0.1) is 31.0 Å². The monoisotopic (exact) mass is 473 g/mol. The number of ether oxygens (including phenoxy) is 1. The van der Waals surface area contributed by atoms with Crippen LogP contribution in [0, 0.1) is 0 Å². The fourth-order valence-corrected chi connectivity index (χ4v) is 4.36. The van der Waals surface area contributed by atoms with E-state index in [9.17, 15) is 4.79 Å². The van der Waals surface area contributed by atoms with Crippen molar-refractivity contribution in [2.24, 2.45) is 10.2 Å². The van der Waals surface area contributed by atoms with Gasteiger partial charge in [0.15, 0.2) is 5.17 Å². The summed E-state index contributed by atoms with van der Waals surface area (Å²) in [5, 5.41) is 9.09. The molecule has 2 aromatic carbocycles. The summed E-state index contributed by atoms with van der Waals surface area (Å²) in [6, 6.07) is 19.4. The van der Waals surface area contributed by atoms with Gasteiger partial charge in [-0.1, -0.05) is 57.2 Å². The summed E-state index contributed by atoms with van der Waals surface area (Å²) in [5.74, 6) is 1.24. The molecule has 1 aliphatic rings. The smallest absolute Gasteiger partial charge is 0.267 e.